The van der Waals surface area contributed by atoms with E-state index in [2.05, 4.69) is 10.3 Å². The molecule has 6 nitrogen and oxygen atoms in total. The Balaban J connectivity index is 1.89. The average molecular weight is 322 g/mol. The van der Waals surface area contributed by atoms with Gasteiger partial charge in [0.1, 0.15) is 16.1 Å². The topological polar surface area (TPSA) is 86.1 Å². The van der Waals surface area contributed by atoms with Crippen LogP contribution >= 0.6 is 11.3 Å². The summed E-state index contributed by atoms with van der Waals surface area (Å²) in [6.45, 7) is 0.752. The third-order valence-corrected chi connectivity index (χ3v) is 6.01. The van der Waals surface area contributed by atoms with Crippen LogP contribution < -0.4 is 5.32 Å². The minimum absolute atomic E-state index is 0.321. The van der Waals surface area contributed by atoms with Crippen molar-refractivity contribution < 1.29 is 8.42 Å². The predicted molar refractivity (Wildman–Crippen MR) is 81.6 cm³/mol. The molecule has 8 heteroatoms. The zero-order chi connectivity index (χ0) is 15.3. The Hall–Kier alpha value is -1.95. The minimum Gasteiger partial charge on any atom is -0.369 e. The van der Waals surface area contributed by atoms with E-state index < -0.39 is 10.0 Å². The fraction of sp³-hybridized carbons (Fsp3) is 0.231. The summed E-state index contributed by atoms with van der Waals surface area (Å²) in [5, 5.41) is 13.4. The number of anilines is 1. The molecule has 0 saturated carbocycles. The summed E-state index contributed by atoms with van der Waals surface area (Å²) < 4.78 is 26.0. The van der Waals surface area contributed by atoms with Gasteiger partial charge in [-0.3, -0.25) is 0 Å². The van der Waals surface area contributed by atoms with Crippen LogP contribution in [0.25, 0.3) is 0 Å². The van der Waals surface area contributed by atoms with Crippen LogP contribution in [0, 0.1) is 11.3 Å². The van der Waals surface area contributed by atoms with Crippen molar-refractivity contribution >= 4 is 27.2 Å². The van der Waals surface area contributed by atoms with Crippen LogP contribution in [-0.2, 0) is 10.0 Å². The van der Waals surface area contributed by atoms with Gasteiger partial charge in [0.25, 0.3) is 10.0 Å². The number of thiophene rings is 1. The molecule has 0 aromatic carbocycles. The van der Waals surface area contributed by atoms with E-state index in [1.54, 1.807) is 36.7 Å². The van der Waals surface area contributed by atoms with Crippen LogP contribution in [0.2, 0.25) is 0 Å². The van der Waals surface area contributed by atoms with Gasteiger partial charge in [-0.25, -0.2) is 13.4 Å². The number of nitrogens with zero attached hydrogens (tertiary/aromatic N) is 3. The van der Waals surface area contributed by atoms with Gasteiger partial charge < -0.3 is 5.32 Å². The Morgan fingerprint density at radius 1 is 1.43 bits per heavy atom. The second-order valence-corrected chi connectivity index (χ2v) is 7.45. The maximum Gasteiger partial charge on any atom is 0.252 e. The molecule has 21 heavy (non-hydrogen) atoms. The molecule has 2 aromatic heterocycles. The van der Waals surface area contributed by atoms with Crippen molar-refractivity contribution in [2.75, 3.05) is 25.5 Å². The van der Waals surface area contributed by atoms with Gasteiger partial charge in [-0.15, -0.1) is 11.3 Å². The fourth-order valence-electron chi connectivity index (χ4n) is 1.59. The molecule has 0 fully saturated rings. The summed E-state index contributed by atoms with van der Waals surface area (Å²) in [5.74, 6) is 0.607. The molecule has 0 atom stereocenters. The van der Waals surface area contributed by atoms with Gasteiger partial charge in [0, 0.05) is 26.3 Å². The average Bonchev–Trinajstić information content (AvgIpc) is 3.02. The maximum atomic E-state index is 12.2. The van der Waals surface area contributed by atoms with Gasteiger partial charge in [0.15, 0.2) is 0 Å². The quantitative estimate of drug-likeness (QED) is 0.875. The Morgan fingerprint density at radius 3 is 2.81 bits per heavy atom. The molecule has 0 aliphatic carbocycles. The summed E-state index contributed by atoms with van der Waals surface area (Å²) in [6.07, 6.45) is 1.47. The lowest BCUT2D eigenvalue weighted by Gasteiger charge is -2.16. The van der Waals surface area contributed by atoms with E-state index in [1.165, 1.54) is 21.8 Å². The highest BCUT2D eigenvalue weighted by molar-refractivity contribution is 7.91. The van der Waals surface area contributed by atoms with Crippen LogP contribution in [-0.4, -0.2) is 37.8 Å². The summed E-state index contributed by atoms with van der Waals surface area (Å²) >= 11 is 1.20. The Kier molecular flexibility index (Phi) is 4.90. The first-order chi connectivity index (χ1) is 10.0. The van der Waals surface area contributed by atoms with Crippen molar-refractivity contribution in [2.24, 2.45) is 0 Å². The Morgan fingerprint density at radius 2 is 2.24 bits per heavy atom. The van der Waals surface area contributed by atoms with Crippen molar-refractivity contribution in [3.8, 4) is 6.07 Å². The number of hydrogen-bond acceptors (Lipinski definition) is 6. The van der Waals surface area contributed by atoms with E-state index in [-0.39, 0.29) is 0 Å². The van der Waals surface area contributed by atoms with Crippen LogP contribution in [0.15, 0.2) is 40.1 Å². The second-order valence-electron chi connectivity index (χ2n) is 4.23. The molecule has 0 amide bonds. The van der Waals surface area contributed by atoms with Gasteiger partial charge in [0.05, 0.1) is 5.56 Å². The number of aromatic nitrogens is 1. The number of hydrogen-bond donors (Lipinski definition) is 1. The lowest BCUT2D eigenvalue weighted by Crippen LogP contribution is -2.31. The Bertz CT molecular complexity index is 719. The number of likely N-dealkylation sites (N-methyl/N-ethyl adjacent to an activating group) is 1. The van der Waals surface area contributed by atoms with E-state index in [4.69, 9.17) is 5.26 Å². The SMILES string of the molecule is CN(CCNc1ccc(C#N)cn1)S(=O)(=O)c1cccs1. The molecule has 0 spiro atoms. The van der Waals surface area contributed by atoms with E-state index in [9.17, 15) is 8.42 Å². The van der Waals surface area contributed by atoms with E-state index in [1.807, 2.05) is 6.07 Å². The molecule has 0 aliphatic rings. The summed E-state index contributed by atoms with van der Waals surface area (Å²) in [6, 6.07) is 8.63. The van der Waals surface area contributed by atoms with Crippen molar-refractivity contribution in [1.29, 1.82) is 5.26 Å². The zero-order valence-electron chi connectivity index (χ0n) is 11.4. The highest BCUT2D eigenvalue weighted by Gasteiger charge is 2.20. The van der Waals surface area contributed by atoms with E-state index in [0.29, 0.717) is 28.7 Å². The highest BCUT2D eigenvalue weighted by Crippen LogP contribution is 2.19. The Labute approximate surface area is 127 Å². The fourth-order valence-corrected chi connectivity index (χ4v) is 3.96. The van der Waals surface area contributed by atoms with Crippen molar-refractivity contribution in [2.45, 2.75) is 4.21 Å². The van der Waals surface area contributed by atoms with E-state index in [0.717, 1.165) is 0 Å². The van der Waals surface area contributed by atoms with Crippen molar-refractivity contribution in [3.63, 3.8) is 0 Å². The third kappa shape index (κ3) is 3.78. The number of pyridine rings is 1. The molecule has 2 heterocycles. The van der Waals surface area contributed by atoms with Crippen LogP contribution in [0.1, 0.15) is 5.56 Å². The molecule has 0 aliphatic heterocycles. The smallest absolute Gasteiger partial charge is 0.252 e. The lowest BCUT2D eigenvalue weighted by molar-refractivity contribution is 0.482. The number of nitrogens with one attached hydrogen (secondary N) is 1. The van der Waals surface area contributed by atoms with Gasteiger partial charge in [-0.2, -0.15) is 9.57 Å². The molecular formula is C13H14N4O2S2. The molecule has 2 aromatic rings. The van der Waals surface area contributed by atoms with Crippen LogP contribution in [0.4, 0.5) is 5.82 Å². The predicted octanol–water partition coefficient (Wildman–Crippen LogP) is 1.75. The van der Waals surface area contributed by atoms with Gasteiger partial charge >= 0.3 is 0 Å². The molecule has 0 unspecified atom stereocenters. The first-order valence-electron chi connectivity index (χ1n) is 6.14. The molecular weight excluding hydrogens is 308 g/mol. The number of sulfonamides is 1. The van der Waals surface area contributed by atoms with Gasteiger partial charge in [-0.1, -0.05) is 6.07 Å². The maximum absolute atomic E-state index is 12.2. The number of rotatable bonds is 6. The summed E-state index contributed by atoms with van der Waals surface area (Å²) in [4.78, 5) is 4.06. The molecule has 0 bridgehead atoms. The zero-order valence-corrected chi connectivity index (χ0v) is 13.0. The normalized spacial score (nSPS) is 11.3. The van der Waals surface area contributed by atoms with Crippen molar-refractivity contribution in [1.82, 2.24) is 9.29 Å². The lowest BCUT2D eigenvalue weighted by atomic mass is 10.3. The van der Waals surface area contributed by atoms with Crippen molar-refractivity contribution in [3.05, 3.63) is 41.4 Å². The highest BCUT2D eigenvalue weighted by atomic mass is 32.2. The second kappa shape index (κ2) is 6.67. The monoisotopic (exact) mass is 322 g/mol. The molecule has 110 valence electrons. The van der Waals surface area contributed by atoms with E-state index >= 15 is 0 Å². The summed E-state index contributed by atoms with van der Waals surface area (Å²) in [5.41, 5.74) is 0.484. The molecule has 0 radical (unpaired) electrons. The molecule has 1 N–H and O–H groups in total. The number of nitriles is 1. The first-order valence-corrected chi connectivity index (χ1v) is 8.46. The molecule has 0 saturated heterocycles. The van der Waals surface area contributed by atoms with Gasteiger partial charge in [-0.05, 0) is 23.6 Å². The third-order valence-electron chi connectivity index (χ3n) is 2.79. The van der Waals surface area contributed by atoms with Crippen LogP contribution in [0.5, 0.6) is 0 Å². The largest absolute Gasteiger partial charge is 0.369 e. The summed E-state index contributed by atoms with van der Waals surface area (Å²) in [7, 11) is -1.87. The first kappa shape index (κ1) is 15.4. The molecule has 2 rings (SSSR count). The standard InChI is InChI=1S/C13H14N4O2S2/c1-17(21(18,19)13-3-2-8-20-13)7-6-15-12-5-4-11(9-14)10-16-12/h2-5,8,10H,6-7H2,1H3,(H,15,16). The minimum atomic E-state index is -3.41. The van der Waals surface area contributed by atoms with Crippen LogP contribution in [0.3, 0.4) is 0 Å². The van der Waals surface area contributed by atoms with Gasteiger partial charge in [0.2, 0.25) is 0 Å².